The molecule has 0 spiro atoms. The van der Waals surface area contributed by atoms with Gasteiger partial charge in [-0.25, -0.2) is 0 Å². The third-order valence-electron chi connectivity index (χ3n) is 5.74. The van der Waals surface area contributed by atoms with E-state index in [1.54, 1.807) is 0 Å². The molecule has 1 atom stereocenters. The average Bonchev–Trinajstić information content (AvgIpc) is 3.23. The minimum atomic E-state index is 0.0754. The van der Waals surface area contributed by atoms with Crippen LogP contribution in [0.3, 0.4) is 0 Å². The van der Waals surface area contributed by atoms with Gasteiger partial charge in [0.25, 0.3) is 0 Å². The summed E-state index contributed by atoms with van der Waals surface area (Å²) in [4.78, 5) is 15.5. The van der Waals surface area contributed by atoms with Gasteiger partial charge in [0.05, 0.1) is 6.20 Å². The van der Waals surface area contributed by atoms with Crippen LogP contribution < -0.4 is 0 Å². The van der Waals surface area contributed by atoms with E-state index < -0.39 is 0 Å². The molecule has 4 rings (SSSR count). The molecule has 1 saturated heterocycles. The van der Waals surface area contributed by atoms with Gasteiger partial charge in [0.15, 0.2) is 5.78 Å². The Morgan fingerprint density at radius 2 is 1.79 bits per heavy atom. The summed E-state index contributed by atoms with van der Waals surface area (Å²) in [5.41, 5.74) is 4.37. The van der Waals surface area contributed by atoms with Crippen LogP contribution in [0.1, 0.15) is 48.7 Å². The number of carbonyl (C=O) groups is 1. The van der Waals surface area contributed by atoms with Gasteiger partial charge < -0.3 is 0 Å². The highest BCUT2D eigenvalue weighted by molar-refractivity contribution is 5.98. The molecule has 3 aromatic rings. The molecule has 1 fully saturated rings. The normalized spacial score (nSPS) is 17.6. The van der Waals surface area contributed by atoms with Crippen molar-refractivity contribution in [3.05, 3.63) is 78.1 Å². The highest BCUT2D eigenvalue weighted by Crippen LogP contribution is 2.25. The van der Waals surface area contributed by atoms with Gasteiger partial charge in [-0.05, 0) is 44.4 Å². The molecule has 2 aromatic carbocycles. The van der Waals surface area contributed by atoms with E-state index in [2.05, 4.69) is 54.3 Å². The molecule has 0 saturated carbocycles. The van der Waals surface area contributed by atoms with Crippen molar-refractivity contribution in [2.75, 3.05) is 13.1 Å². The standard InChI is InChI=1S/C25H29N3O/c1-19(2)28-17-20(15-26-28)16-27-14-6-9-24(18-27)25(29)23-12-10-22(11-13-23)21-7-4-3-5-8-21/h3-5,7-8,10-13,15,17,19,24H,6,9,14,16,18H2,1-2H3. The van der Waals surface area contributed by atoms with Crippen LogP contribution in [-0.4, -0.2) is 33.6 Å². The molecule has 1 aliphatic rings. The van der Waals surface area contributed by atoms with Gasteiger partial charge in [-0.1, -0.05) is 54.6 Å². The lowest BCUT2D eigenvalue weighted by Gasteiger charge is -2.31. The van der Waals surface area contributed by atoms with Crippen LogP contribution in [0.2, 0.25) is 0 Å². The van der Waals surface area contributed by atoms with Gasteiger partial charge in [-0.3, -0.25) is 14.4 Å². The summed E-state index contributed by atoms with van der Waals surface area (Å²) in [7, 11) is 0. The van der Waals surface area contributed by atoms with E-state index in [0.29, 0.717) is 6.04 Å². The SMILES string of the molecule is CC(C)n1cc(CN2CCCC(C(=O)c3ccc(-c4ccccc4)cc3)C2)cn1. The molecule has 1 unspecified atom stereocenters. The van der Waals surface area contributed by atoms with Gasteiger partial charge in [0, 0.05) is 42.4 Å². The monoisotopic (exact) mass is 387 g/mol. The summed E-state index contributed by atoms with van der Waals surface area (Å²) in [6.45, 7) is 7.00. The first-order chi connectivity index (χ1) is 14.1. The zero-order chi connectivity index (χ0) is 20.2. The van der Waals surface area contributed by atoms with Crippen LogP contribution in [0.25, 0.3) is 11.1 Å². The lowest BCUT2D eigenvalue weighted by molar-refractivity contribution is 0.0811. The smallest absolute Gasteiger partial charge is 0.167 e. The first-order valence-electron chi connectivity index (χ1n) is 10.6. The zero-order valence-corrected chi connectivity index (χ0v) is 17.3. The fraction of sp³-hybridized carbons (Fsp3) is 0.360. The molecule has 1 aliphatic heterocycles. The number of piperidine rings is 1. The second kappa shape index (κ2) is 8.75. The highest BCUT2D eigenvalue weighted by atomic mass is 16.1. The number of aromatic nitrogens is 2. The second-order valence-electron chi connectivity index (χ2n) is 8.30. The van der Waals surface area contributed by atoms with Gasteiger partial charge in [0.2, 0.25) is 0 Å². The molecule has 2 heterocycles. The average molecular weight is 388 g/mol. The zero-order valence-electron chi connectivity index (χ0n) is 17.3. The summed E-state index contributed by atoms with van der Waals surface area (Å²) in [6, 6.07) is 18.7. The van der Waals surface area contributed by atoms with E-state index >= 15 is 0 Å². The van der Waals surface area contributed by atoms with E-state index in [1.807, 2.05) is 41.2 Å². The summed E-state index contributed by atoms with van der Waals surface area (Å²) in [6.07, 6.45) is 6.12. The van der Waals surface area contributed by atoms with Gasteiger partial charge >= 0.3 is 0 Å². The topological polar surface area (TPSA) is 38.1 Å². The molecule has 4 nitrogen and oxygen atoms in total. The molecule has 0 bridgehead atoms. The maximum Gasteiger partial charge on any atom is 0.167 e. The van der Waals surface area contributed by atoms with E-state index in [9.17, 15) is 4.79 Å². The van der Waals surface area contributed by atoms with E-state index in [-0.39, 0.29) is 11.7 Å². The van der Waals surface area contributed by atoms with E-state index in [1.165, 1.54) is 11.1 Å². The molecule has 4 heteroatoms. The molecule has 0 aliphatic carbocycles. The van der Waals surface area contributed by atoms with Crippen molar-refractivity contribution < 1.29 is 4.79 Å². The van der Waals surface area contributed by atoms with Crippen LogP contribution in [-0.2, 0) is 6.54 Å². The number of ketones is 1. The maximum atomic E-state index is 13.1. The number of benzene rings is 2. The van der Waals surface area contributed by atoms with E-state index in [0.717, 1.165) is 43.6 Å². The van der Waals surface area contributed by atoms with Gasteiger partial charge in [-0.2, -0.15) is 5.10 Å². The fourth-order valence-electron chi connectivity index (χ4n) is 4.11. The number of hydrogen-bond acceptors (Lipinski definition) is 3. The number of Topliss-reactive ketones (excluding diaryl/α,β-unsaturated/α-hetero) is 1. The van der Waals surface area contributed by atoms with Crippen LogP contribution in [0.15, 0.2) is 67.0 Å². The van der Waals surface area contributed by atoms with Crippen molar-refractivity contribution in [3.8, 4) is 11.1 Å². The van der Waals surface area contributed by atoms with Crippen molar-refractivity contribution in [3.63, 3.8) is 0 Å². The molecule has 0 radical (unpaired) electrons. The molecule has 150 valence electrons. The Hall–Kier alpha value is -2.72. The Bertz CT molecular complexity index is 944. The molecular formula is C25H29N3O. The summed E-state index contributed by atoms with van der Waals surface area (Å²) >= 11 is 0. The lowest BCUT2D eigenvalue weighted by atomic mass is 9.89. The van der Waals surface area contributed by atoms with Crippen LogP contribution in [0.5, 0.6) is 0 Å². The molecule has 1 aromatic heterocycles. The number of rotatable bonds is 6. The largest absolute Gasteiger partial charge is 0.298 e. The van der Waals surface area contributed by atoms with Gasteiger partial charge in [0.1, 0.15) is 0 Å². The van der Waals surface area contributed by atoms with Crippen LogP contribution in [0.4, 0.5) is 0 Å². The number of hydrogen-bond donors (Lipinski definition) is 0. The first-order valence-corrected chi connectivity index (χ1v) is 10.6. The predicted molar refractivity (Wildman–Crippen MR) is 117 cm³/mol. The molecule has 0 N–H and O–H groups in total. The van der Waals surface area contributed by atoms with Crippen molar-refractivity contribution in [1.82, 2.24) is 14.7 Å². The van der Waals surface area contributed by atoms with Crippen molar-refractivity contribution in [2.24, 2.45) is 5.92 Å². The van der Waals surface area contributed by atoms with Gasteiger partial charge in [-0.15, -0.1) is 0 Å². The van der Waals surface area contributed by atoms with E-state index in [4.69, 9.17) is 0 Å². The Labute approximate surface area is 173 Å². The maximum absolute atomic E-state index is 13.1. The van der Waals surface area contributed by atoms with Crippen LogP contribution >= 0.6 is 0 Å². The summed E-state index contributed by atoms with van der Waals surface area (Å²) in [5, 5.41) is 4.44. The second-order valence-corrected chi connectivity index (χ2v) is 8.30. The molecular weight excluding hydrogens is 358 g/mol. The number of likely N-dealkylation sites (tertiary alicyclic amines) is 1. The van der Waals surface area contributed by atoms with Crippen molar-refractivity contribution in [1.29, 1.82) is 0 Å². The summed E-state index contributed by atoms with van der Waals surface area (Å²) in [5.74, 6) is 0.346. The fourth-order valence-corrected chi connectivity index (χ4v) is 4.11. The Morgan fingerprint density at radius 1 is 1.07 bits per heavy atom. The highest BCUT2D eigenvalue weighted by Gasteiger charge is 2.26. The minimum Gasteiger partial charge on any atom is -0.298 e. The first kappa shape index (κ1) is 19.6. The third kappa shape index (κ3) is 4.65. The predicted octanol–water partition coefficient (Wildman–Crippen LogP) is 5.23. The molecule has 29 heavy (non-hydrogen) atoms. The Balaban J connectivity index is 1.40. The molecule has 0 amide bonds. The van der Waals surface area contributed by atoms with Crippen molar-refractivity contribution >= 4 is 5.78 Å². The summed E-state index contributed by atoms with van der Waals surface area (Å²) < 4.78 is 2.00. The number of nitrogens with zero attached hydrogens (tertiary/aromatic N) is 3. The number of carbonyl (C=O) groups excluding carboxylic acids is 1. The quantitative estimate of drug-likeness (QED) is 0.544. The minimum absolute atomic E-state index is 0.0754. The lowest BCUT2D eigenvalue weighted by Crippen LogP contribution is -2.38. The van der Waals surface area contributed by atoms with Crippen molar-refractivity contribution in [2.45, 2.75) is 39.3 Å². The van der Waals surface area contributed by atoms with Crippen LogP contribution in [0, 0.1) is 5.92 Å². The third-order valence-corrected chi connectivity index (χ3v) is 5.74. The Kier molecular flexibility index (Phi) is 5.91. The Morgan fingerprint density at radius 3 is 2.48 bits per heavy atom.